The van der Waals surface area contributed by atoms with E-state index in [0.717, 1.165) is 0 Å². The van der Waals surface area contributed by atoms with Crippen molar-refractivity contribution in [2.45, 2.75) is 19.4 Å². The third-order valence-electron chi connectivity index (χ3n) is 1.76. The van der Waals surface area contributed by atoms with Gasteiger partial charge in [0.05, 0.1) is 6.61 Å². The molecule has 0 amide bonds. The molecule has 1 aromatic heterocycles. The van der Waals surface area contributed by atoms with Gasteiger partial charge in [0.1, 0.15) is 5.56 Å². The fourth-order valence-electron chi connectivity index (χ4n) is 1.12. The first-order valence-electron chi connectivity index (χ1n) is 4.15. The second kappa shape index (κ2) is 4.70. The van der Waals surface area contributed by atoms with Gasteiger partial charge in [-0.05, 0) is 0 Å². The van der Waals surface area contributed by atoms with Crippen molar-refractivity contribution in [2.24, 2.45) is 0 Å². The average Bonchev–Trinajstić information content (AvgIpc) is 2.15. The minimum atomic E-state index is -5.23. The molecule has 0 radical (unpaired) electrons. The van der Waals surface area contributed by atoms with Gasteiger partial charge in [0.2, 0.25) is 0 Å². The first kappa shape index (κ1) is 13.4. The lowest BCUT2D eigenvalue weighted by atomic mass is 10.2. The summed E-state index contributed by atoms with van der Waals surface area (Å²) in [6.07, 6.45) is -8.01. The van der Waals surface area contributed by atoms with Crippen LogP contribution in [0, 0.1) is 0 Å². The molecule has 9 heteroatoms. The Kier molecular flexibility index (Phi) is 3.71. The molecular formula is C8H6F5NO3. The van der Waals surface area contributed by atoms with Crippen molar-refractivity contribution < 1.29 is 31.8 Å². The van der Waals surface area contributed by atoms with Gasteiger partial charge in [0.25, 0.3) is 12.0 Å². The Balaban J connectivity index is 3.40. The highest BCUT2D eigenvalue weighted by Crippen LogP contribution is 2.33. The predicted octanol–water partition coefficient (Wildman–Crippen LogP) is 1.70. The van der Waals surface area contributed by atoms with Gasteiger partial charge in [-0.15, -0.1) is 13.2 Å². The van der Waals surface area contributed by atoms with E-state index in [1.165, 1.54) is 0 Å². The second-order valence-corrected chi connectivity index (χ2v) is 2.89. The molecule has 1 rings (SSSR count). The molecule has 0 spiro atoms. The van der Waals surface area contributed by atoms with Crippen LogP contribution in [0.2, 0.25) is 0 Å². The number of aromatic amines is 1. The summed E-state index contributed by atoms with van der Waals surface area (Å²) in [7, 11) is 0. The van der Waals surface area contributed by atoms with Crippen molar-refractivity contribution in [3.8, 4) is 5.75 Å². The molecule has 96 valence electrons. The molecular weight excluding hydrogens is 253 g/mol. The Hall–Kier alpha value is -1.64. The van der Waals surface area contributed by atoms with Crippen molar-refractivity contribution in [1.29, 1.82) is 0 Å². The van der Waals surface area contributed by atoms with Crippen LogP contribution in [0.5, 0.6) is 5.75 Å². The molecule has 0 saturated heterocycles. The fraction of sp³-hybridized carbons (Fsp3) is 0.375. The Bertz CT molecular complexity index is 453. The number of pyridine rings is 1. The molecule has 0 aliphatic heterocycles. The maximum atomic E-state index is 12.4. The van der Waals surface area contributed by atoms with E-state index in [4.69, 9.17) is 5.11 Å². The normalized spacial score (nSPS) is 11.9. The average molecular weight is 259 g/mol. The van der Waals surface area contributed by atoms with Crippen LogP contribution in [0.15, 0.2) is 11.0 Å². The number of alkyl halides is 5. The van der Waals surface area contributed by atoms with Crippen molar-refractivity contribution in [2.75, 3.05) is 0 Å². The minimum absolute atomic E-state index is 0.586. The smallest absolute Gasteiger partial charge is 0.405 e. The van der Waals surface area contributed by atoms with Crippen molar-refractivity contribution in [3.63, 3.8) is 0 Å². The number of hydrogen-bond acceptors (Lipinski definition) is 3. The standard InChI is InChI=1S/C8H6F5NO3/c9-6(10)4-5(17-8(11,12)13)3(2-15)1-14-7(4)16/h1,6,15H,2H2,(H,14,16). The largest absolute Gasteiger partial charge is 0.573 e. The molecule has 4 nitrogen and oxygen atoms in total. The Morgan fingerprint density at radius 1 is 1.41 bits per heavy atom. The van der Waals surface area contributed by atoms with E-state index in [9.17, 15) is 26.7 Å². The number of aliphatic hydroxyl groups excluding tert-OH is 1. The highest BCUT2D eigenvalue weighted by molar-refractivity contribution is 5.39. The topological polar surface area (TPSA) is 62.3 Å². The molecule has 0 aliphatic rings. The first-order valence-corrected chi connectivity index (χ1v) is 4.15. The number of hydrogen-bond donors (Lipinski definition) is 2. The number of aromatic nitrogens is 1. The maximum Gasteiger partial charge on any atom is 0.573 e. The van der Waals surface area contributed by atoms with Gasteiger partial charge in [-0.3, -0.25) is 4.79 Å². The van der Waals surface area contributed by atoms with Crippen molar-refractivity contribution in [1.82, 2.24) is 4.98 Å². The van der Waals surface area contributed by atoms with Crippen LogP contribution in [0.4, 0.5) is 22.0 Å². The minimum Gasteiger partial charge on any atom is -0.405 e. The van der Waals surface area contributed by atoms with E-state index in [2.05, 4.69) is 4.74 Å². The zero-order chi connectivity index (χ0) is 13.2. The molecule has 0 bridgehead atoms. The summed E-state index contributed by atoms with van der Waals surface area (Å²) >= 11 is 0. The Morgan fingerprint density at radius 3 is 2.41 bits per heavy atom. The lowest BCUT2D eigenvalue weighted by molar-refractivity contribution is -0.275. The molecule has 0 atom stereocenters. The van der Waals surface area contributed by atoms with Crippen LogP contribution < -0.4 is 10.3 Å². The highest BCUT2D eigenvalue weighted by atomic mass is 19.4. The van der Waals surface area contributed by atoms with E-state index in [-0.39, 0.29) is 0 Å². The van der Waals surface area contributed by atoms with Gasteiger partial charge in [0.15, 0.2) is 5.75 Å². The van der Waals surface area contributed by atoms with Gasteiger partial charge in [-0.2, -0.15) is 0 Å². The second-order valence-electron chi connectivity index (χ2n) is 2.89. The summed E-state index contributed by atoms with van der Waals surface area (Å²) in [5.41, 5.74) is -3.46. The molecule has 0 aromatic carbocycles. The van der Waals surface area contributed by atoms with Gasteiger partial charge >= 0.3 is 6.36 Å². The maximum absolute atomic E-state index is 12.4. The number of ether oxygens (including phenoxy) is 1. The molecule has 0 saturated carbocycles. The van der Waals surface area contributed by atoms with Gasteiger partial charge in [-0.25, -0.2) is 8.78 Å². The summed E-state index contributed by atoms with van der Waals surface area (Å²) in [5, 5.41) is 8.70. The molecule has 17 heavy (non-hydrogen) atoms. The SMILES string of the molecule is O=c1[nH]cc(CO)c(OC(F)(F)F)c1C(F)F. The highest BCUT2D eigenvalue weighted by Gasteiger charge is 2.35. The molecule has 1 heterocycles. The first-order chi connectivity index (χ1) is 7.76. The summed E-state index contributed by atoms with van der Waals surface area (Å²) < 4.78 is 64.1. The fourth-order valence-corrected chi connectivity index (χ4v) is 1.12. The van der Waals surface area contributed by atoms with Gasteiger partial charge < -0.3 is 14.8 Å². The monoisotopic (exact) mass is 259 g/mol. The summed E-state index contributed by atoms with van der Waals surface area (Å²) in [6.45, 7) is -0.984. The van der Waals surface area contributed by atoms with Crippen molar-refractivity contribution in [3.05, 3.63) is 27.7 Å². The van der Waals surface area contributed by atoms with E-state index in [1.54, 1.807) is 4.98 Å². The molecule has 0 aliphatic carbocycles. The lowest BCUT2D eigenvalue weighted by Crippen LogP contribution is -2.23. The summed E-state index contributed by atoms with van der Waals surface area (Å²) in [4.78, 5) is 12.8. The number of nitrogens with one attached hydrogen (secondary N) is 1. The van der Waals surface area contributed by atoms with Gasteiger partial charge in [-0.1, -0.05) is 0 Å². The van der Waals surface area contributed by atoms with E-state index < -0.39 is 41.8 Å². The van der Waals surface area contributed by atoms with E-state index >= 15 is 0 Å². The molecule has 0 fully saturated rings. The van der Waals surface area contributed by atoms with Crippen LogP contribution in [0.1, 0.15) is 17.6 Å². The molecule has 2 N–H and O–H groups in total. The van der Waals surface area contributed by atoms with E-state index in [0.29, 0.717) is 6.20 Å². The number of halogens is 5. The Labute approximate surface area is 90.6 Å². The Morgan fingerprint density at radius 2 is 2.00 bits per heavy atom. The van der Waals surface area contributed by atoms with Crippen LogP contribution in [0.3, 0.4) is 0 Å². The third kappa shape index (κ3) is 3.16. The quantitative estimate of drug-likeness (QED) is 0.812. The van der Waals surface area contributed by atoms with E-state index in [1.807, 2.05) is 0 Å². The lowest BCUT2D eigenvalue weighted by Gasteiger charge is -2.14. The number of aliphatic hydroxyl groups is 1. The third-order valence-corrected chi connectivity index (χ3v) is 1.76. The summed E-state index contributed by atoms with van der Waals surface area (Å²) in [5.74, 6) is -1.36. The van der Waals surface area contributed by atoms with Crippen LogP contribution >= 0.6 is 0 Å². The number of H-pyrrole nitrogens is 1. The van der Waals surface area contributed by atoms with Crippen molar-refractivity contribution >= 4 is 0 Å². The summed E-state index contributed by atoms with van der Waals surface area (Å²) in [6, 6.07) is 0. The molecule has 0 unspecified atom stereocenters. The zero-order valence-corrected chi connectivity index (χ0v) is 8.02. The van der Waals surface area contributed by atoms with Gasteiger partial charge in [0, 0.05) is 11.8 Å². The van der Waals surface area contributed by atoms with Crippen LogP contribution in [-0.2, 0) is 6.61 Å². The van der Waals surface area contributed by atoms with Crippen LogP contribution in [0.25, 0.3) is 0 Å². The number of rotatable bonds is 3. The molecule has 1 aromatic rings. The predicted molar refractivity (Wildman–Crippen MR) is 44.6 cm³/mol. The van der Waals surface area contributed by atoms with Crippen LogP contribution in [-0.4, -0.2) is 16.5 Å². The zero-order valence-electron chi connectivity index (χ0n) is 8.02.